The summed E-state index contributed by atoms with van der Waals surface area (Å²) in [6, 6.07) is 15.4. The van der Waals surface area contributed by atoms with Gasteiger partial charge in [0.05, 0.1) is 4.92 Å². The van der Waals surface area contributed by atoms with Gasteiger partial charge in [-0.2, -0.15) is 0 Å². The molecule has 0 unspecified atom stereocenters. The van der Waals surface area contributed by atoms with Gasteiger partial charge >= 0.3 is 0 Å². The molecule has 0 atom stereocenters. The summed E-state index contributed by atoms with van der Waals surface area (Å²) in [4.78, 5) is 10.5. The van der Waals surface area contributed by atoms with Crippen LogP contribution in [0.15, 0.2) is 48.5 Å². The van der Waals surface area contributed by atoms with E-state index in [0.29, 0.717) is 5.56 Å². The maximum absolute atomic E-state index is 10.8. The van der Waals surface area contributed by atoms with Crippen LogP contribution >= 0.6 is 0 Å². The molecule has 0 aliphatic carbocycles. The van der Waals surface area contributed by atoms with Crippen LogP contribution in [0.3, 0.4) is 0 Å². The molecule has 2 aromatic rings. The lowest BCUT2D eigenvalue weighted by molar-refractivity contribution is -0.385. The first-order valence-electron chi connectivity index (χ1n) is 6.94. The molecule has 0 aromatic heterocycles. The van der Waals surface area contributed by atoms with Crippen LogP contribution in [0.4, 0.5) is 11.4 Å². The summed E-state index contributed by atoms with van der Waals surface area (Å²) in [5.41, 5.74) is 2.97. The Bertz CT molecular complexity index is 636. The molecule has 0 radical (unpaired) electrons. The summed E-state index contributed by atoms with van der Waals surface area (Å²) < 4.78 is 0. The predicted octanol–water partition coefficient (Wildman–Crippen LogP) is 4.29. The van der Waals surface area contributed by atoms with Crippen molar-refractivity contribution in [2.45, 2.75) is 26.2 Å². The number of nitro benzene ring substituents is 1. The molecular formula is C17H20N2O2. The third-order valence-electron chi connectivity index (χ3n) is 3.68. The molecule has 0 saturated heterocycles. The number of nitro groups is 1. The number of benzene rings is 2. The van der Waals surface area contributed by atoms with Crippen LogP contribution in [0.25, 0.3) is 0 Å². The van der Waals surface area contributed by atoms with E-state index in [1.165, 1.54) is 5.56 Å². The Morgan fingerprint density at radius 3 is 2.38 bits per heavy atom. The van der Waals surface area contributed by atoms with Crippen molar-refractivity contribution < 1.29 is 4.92 Å². The molecule has 21 heavy (non-hydrogen) atoms. The fourth-order valence-electron chi connectivity index (χ4n) is 2.28. The van der Waals surface area contributed by atoms with Gasteiger partial charge in [0.1, 0.15) is 0 Å². The lowest BCUT2D eigenvalue weighted by Crippen LogP contribution is -2.27. The number of aryl methyl sites for hydroxylation is 1. The van der Waals surface area contributed by atoms with Crippen molar-refractivity contribution in [1.29, 1.82) is 0 Å². The van der Waals surface area contributed by atoms with E-state index >= 15 is 0 Å². The molecule has 2 rings (SSSR count). The summed E-state index contributed by atoms with van der Waals surface area (Å²) in [5.74, 6) is 0. The molecule has 1 N–H and O–H groups in total. The zero-order valence-electron chi connectivity index (χ0n) is 12.6. The van der Waals surface area contributed by atoms with E-state index in [0.717, 1.165) is 12.2 Å². The van der Waals surface area contributed by atoms with Crippen LogP contribution < -0.4 is 5.32 Å². The molecule has 0 fully saturated rings. The monoisotopic (exact) mass is 284 g/mol. The Morgan fingerprint density at radius 2 is 1.81 bits per heavy atom. The van der Waals surface area contributed by atoms with E-state index in [-0.39, 0.29) is 16.0 Å². The van der Waals surface area contributed by atoms with E-state index in [4.69, 9.17) is 0 Å². The summed E-state index contributed by atoms with van der Waals surface area (Å²) >= 11 is 0. The summed E-state index contributed by atoms with van der Waals surface area (Å²) in [7, 11) is 0. The van der Waals surface area contributed by atoms with Crippen molar-refractivity contribution >= 4 is 11.4 Å². The standard InChI is InChI=1S/C17H20N2O2/c1-13-11-15(9-10-16(13)19(20)21)18-12-17(2,3)14-7-5-4-6-8-14/h4-11,18H,12H2,1-3H3. The zero-order chi connectivity index (χ0) is 15.5. The molecule has 110 valence electrons. The third-order valence-corrected chi connectivity index (χ3v) is 3.68. The highest BCUT2D eigenvalue weighted by Crippen LogP contribution is 2.25. The van der Waals surface area contributed by atoms with Crippen molar-refractivity contribution in [2.75, 3.05) is 11.9 Å². The number of nitrogens with one attached hydrogen (secondary N) is 1. The molecule has 2 aromatic carbocycles. The molecule has 0 saturated carbocycles. The summed E-state index contributed by atoms with van der Waals surface area (Å²) in [6.07, 6.45) is 0. The minimum atomic E-state index is -0.354. The molecule has 0 aliphatic heterocycles. The number of rotatable bonds is 5. The van der Waals surface area contributed by atoms with Gasteiger partial charge < -0.3 is 5.32 Å². The normalized spacial score (nSPS) is 11.2. The van der Waals surface area contributed by atoms with Gasteiger partial charge in [-0.25, -0.2) is 0 Å². The quantitative estimate of drug-likeness (QED) is 0.658. The first kappa shape index (κ1) is 15.0. The molecular weight excluding hydrogens is 264 g/mol. The Kier molecular flexibility index (Phi) is 4.26. The van der Waals surface area contributed by atoms with Gasteiger partial charge in [0.15, 0.2) is 0 Å². The van der Waals surface area contributed by atoms with Crippen LogP contribution in [0, 0.1) is 17.0 Å². The molecule has 4 nitrogen and oxygen atoms in total. The van der Waals surface area contributed by atoms with Crippen molar-refractivity contribution in [3.63, 3.8) is 0 Å². The fourth-order valence-corrected chi connectivity index (χ4v) is 2.28. The SMILES string of the molecule is Cc1cc(NCC(C)(C)c2ccccc2)ccc1[N+](=O)[O-]. The Morgan fingerprint density at radius 1 is 1.14 bits per heavy atom. The average molecular weight is 284 g/mol. The van der Waals surface area contributed by atoms with Gasteiger partial charge in [-0.05, 0) is 24.6 Å². The fraction of sp³-hybridized carbons (Fsp3) is 0.294. The minimum absolute atomic E-state index is 0.0169. The highest BCUT2D eigenvalue weighted by molar-refractivity contribution is 5.53. The third kappa shape index (κ3) is 3.60. The van der Waals surface area contributed by atoms with Gasteiger partial charge in [-0.15, -0.1) is 0 Å². The van der Waals surface area contributed by atoms with Crippen LogP contribution in [0.2, 0.25) is 0 Å². The first-order chi connectivity index (χ1) is 9.90. The molecule has 0 amide bonds. The highest BCUT2D eigenvalue weighted by Gasteiger charge is 2.20. The maximum atomic E-state index is 10.8. The first-order valence-corrected chi connectivity index (χ1v) is 6.94. The Hall–Kier alpha value is -2.36. The number of anilines is 1. The van der Waals surface area contributed by atoms with Crippen molar-refractivity contribution in [2.24, 2.45) is 0 Å². The topological polar surface area (TPSA) is 55.2 Å². The second-order valence-corrected chi connectivity index (χ2v) is 5.86. The number of hydrogen-bond acceptors (Lipinski definition) is 3. The van der Waals surface area contributed by atoms with Gasteiger partial charge in [-0.3, -0.25) is 10.1 Å². The van der Waals surface area contributed by atoms with Crippen molar-refractivity contribution in [3.8, 4) is 0 Å². The second kappa shape index (κ2) is 5.95. The maximum Gasteiger partial charge on any atom is 0.272 e. The average Bonchev–Trinajstić information content (AvgIpc) is 2.46. The van der Waals surface area contributed by atoms with E-state index in [9.17, 15) is 10.1 Å². The lowest BCUT2D eigenvalue weighted by Gasteiger charge is -2.26. The molecule has 0 spiro atoms. The van der Waals surface area contributed by atoms with E-state index in [1.54, 1.807) is 19.1 Å². The Balaban J connectivity index is 2.09. The molecule has 0 aliphatic rings. The summed E-state index contributed by atoms with van der Waals surface area (Å²) in [5, 5.41) is 14.2. The predicted molar refractivity (Wildman–Crippen MR) is 85.8 cm³/mol. The number of nitrogens with zero attached hydrogens (tertiary/aromatic N) is 1. The highest BCUT2D eigenvalue weighted by atomic mass is 16.6. The largest absolute Gasteiger partial charge is 0.384 e. The van der Waals surface area contributed by atoms with Crippen LogP contribution in [-0.4, -0.2) is 11.5 Å². The van der Waals surface area contributed by atoms with Crippen molar-refractivity contribution in [1.82, 2.24) is 0 Å². The van der Waals surface area contributed by atoms with Gasteiger partial charge in [0.25, 0.3) is 5.69 Å². The van der Waals surface area contributed by atoms with E-state index < -0.39 is 0 Å². The number of hydrogen-bond donors (Lipinski definition) is 1. The minimum Gasteiger partial charge on any atom is -0.384 e. The molecule has 0 heterocycles. The zero-order valence-corrected chi connectivity index (χ0v) is 12.6. The molecule has 4 heteroatoms. The van der Waals surface area contributed by atoms with Gasteiger partial charge in [0, 0.05) is 29.3 Å². The molecule has 0 bridgehead atoms. The van der Waals surface area contributed by atoms with E-state index in [1.807, 2.05) is 24.3 Å². The second-order valence-electron chi connectivity index (χ2n) is 5.86. The van der Waals surface area contributed by atoms with Crippen LogP contribution in [-0.2, 0) is 5.41 Å². The van der Waals surface area contributed by atoms with Gasteiger partial charge in [0.2, 0.25) is 0 Å². The van der Waals surface area contributed by atoms with E-state index in [2.05, 4.69) is 31.3 Å². The lowest BCUT2D eigenvalue weighted by atomic mass is 9.84. The van der Waals surface area contributed by atoms with Crippen molar-refractivity contribution in [3.05, 3.63) is 69.8 Å². The Labute approximate surface area is 125 Å². The van der Waals surface area contributed by atoms with Crippen LogP contribution in [0.5, 0.6) is 0 Å². The van der Waals surface area contributed by atoms with Crippen LogP contribution in [0.1, 0.15) is 25.0 Å². The summed E-state index contributed by atoms with van der Waals surface area (Å²) in [6.45, 7) is 6.86. The van der Waals surface area contributed by atoms with Gasteiger partial charge in [-0.1, -0.05) is 44.2 Å². The smallest absolute Gasteiger partial charge is 0.272 e.